The molecule has 0 amide bonds. The van der Waals surface area contributed by atoms with Crippen molar-refractivity contribution in [2.45, 2.75) is 40.5 Å². The van der Waals surface area contributed by atoms with Gasteiger partial charge >= 0.3 is 0 Å². The van der Waals surface area contributed by atoms with Gasteiger partial charge in [-0.2, -0.15) is 0 Å². The molecule has 1 aliphatic rings. The van der Waals surface area contributed by atoms with Gasteiger partial charge in [-0.15, -0.1) is 0 Å². The van der Waals surface area contributed by atoms with Crippen LogP contribution >= 0.6 is 0 Å². The molecule has 0 bridgehead atoms. The molecule has 0 unspecified atom stereocenters. The largest absolute Gasteiger partial charge is 0.490 e. The number of carbonyl (C=O) groups is 1. The third-order valence-electron chi connectivity index (χ3n) is 2.31. The fourth-order valence-electron chi connectivity index (χ4n) is 1.96. The Kier molecular flexibility index (Phi) is 2.79. The summed E-state index contributed by atoms with van der Waals surface area (Å²) in [4.78, 5) is 11.6. The molecule has 74 valence electrons. The minimum Gasteiger partial charge on any atom is -0.490 e. The predicted octanol–water partition coefficient (Wildman–Crippen LogP) is 2.69. The van der Waals surface area contributed by atoms with Gasteiger partial charge in [-0.05, 0) is 31.3 Å². The summed E-state index contributed by atoms with van der Waals surface area (Å²) in [6, 6.07) is 0. The SMILES string of the molecule is CCOC1=C(C)CC(C)(C)CC1=O. The summed E-state index contributed by atoms with van der Waals surface area (Å²) < 4.78 is 5.33. The van der Waals surface area contributed by atoms with Gasteiger partial charge in [0, 0.05) is 6.42 Å². The van der Waals surface area contributed by atoms with E-state index in [4.69, 9.17) is 4.74 Å². The third kappa shape index (κ3) is 2.33. The topological polar surface area (TPSA) is 26.3 Å². The Morgan fingerprint density at radius 2 is 2.00 bits per heavy atom. The number of ether oxygens (including phenoxy) is 1. The predicted molar refractivity (Wildman–Crippen MR) is 52.3 cm³/mol. The number of hydrogen-bond donors (Lipinski definition) is 0. The number of Topliss-reactive ketones (excluding diaryl/α,β-unsaturated/α-hetero) is 1. The van der Waals surface area contributed by atoms with Gasteiger partial charge in [-0.1, -0.05) is 13.8 Å². The molecule has 1 aliphatic carbocycles. The van der Waals surface area contributed by atoms with Crippen LogP contribution in [0.1, 0.15) is 40.5 Å². The Labute approximate surface area is 80.0 Å². The zero-order valence-corrected chi connectivity index (χ0v) is 8.94. The lowest BCUT2D eigenvalue weighted by Crippen LogP contribution is -2.26. The highest BCUT2D eigenvalue weighted by Gasteiger charge is 2.31. The molecular formula is C11H18O2. The van der Waals surface area contributed by atoms with Crippen molar-refractivity contribution in [1.29, 1.82) is 0 Å². The van der Waals surface area contributed by atoms with Gasteiger partial charge in [0.25, 0.3) is 0 Å². The van der Waals surface area contributed by atoms with E-state index < -0.39 is 0 Å². The fourth-order valence-corrected chi connectivity index (χ4v) is 1.96. The van der Waals surface area contributed by atoms with E-state index in [2.05, 4.69) is 13.8 Å². The van der Waals surface area contributed by atoms with Crippen molar-refractivity contribution in [3.63, 3.8) is 0 Å². The molecule has 0 aromatic carbocycles. The van der Waals surface area contributed by atoms with Crippen LogP contribution in [-0.4, -0.2) is 12.4 Å². The Morgan fingerprint density at radius 1 is 1.38 bits per heavy atom. The second kappa shape index (κ2) is 3.52. The molecule has 0 atom stereocenters. The standard InChI is InChI=1S/C11H18O2/c1-5-13-10-8(2)6-11(3,4)7-9(10)12/h5-7H2,1-4H3. The molecule has 0 aromatic rings. The van der Waals surface area contributed by atoms with E-state index in [1.807, 2.05) is 13.8 Å². The smallest absolute Gasteiger partial charge is 0.197 e. The minimum absolute atomic E-state index is 0.113. The number of carbonyl (C=O) groups excluding carboxylic acids is 1. The molecule has 0 aromatic heterocycles. The molecule has 0 saturated heterocycles. The van der Waals surface area contributed by atoms with Crippen LogP contribution in [0.4, 0.5) is 0 Å². The molecule has 0 N–H and O–H groups in total. The van der Waals surface area contributed by atoms with Gasteiger partial charge in [0.1, 0.15) is 0 Å². The zero-order chi connectivity index (χ0) is 10.1. The lowest BCUT2D eigenvalue weighted by atomic mass is 9.76. The lowest BCUT2D eigenvalue weighted by molar-refractivity contribution is -0.121. The average molecular weight is 182 g/mol. The van der Waals surface area contributed by atoms with Crippen LogP contribution in [0.3, 0.4) is 0 Å². The van der Waals surface area contributed by atoms with E-state index in [-0.39, 0.29) is 11.2 Å². The van der Waals surface area contributed by atoms with Crippen molar-refractivity contribution in [3.8, 4) is 0 Å². The number of ketones is 1. The average Bonchev–Trinajstić information content (AvgIpc) is 1.94. The fraction of sp³-hybridized carbons (Fsp3) is 0.727. The van der Waals surface area contributed by atoms with E-state index in [1.165, 1.54) is 0 Å². The summed E-state index contributed by atoms with van der Waals surface area (Å²) in [6.07, 6.45) is 1.58. The van der Waals surface area contributed by atoms with Gasteiger partial charge in [0.15, 0.2) is 11.5 Å². The monoisotopic (exact) mass is 182 g/mol. The quantitative estimate of drug-likeness (QED) is 0.656. The highest BCUT2D eigenvalue weighted by Crippen LogP contribution is 2.36. The van der Waals surface area contributed by atoms with Crippen LogP contribution in [0, 0.1) is 5.41 Å². The Hall–Kier alpha value is -0.790. The molecule has 0 spiro atoms. The molecule has 2 heteroatoms. The van der Waals surface area contributed by atoms with Crippen LogP contribution in [0.25, 0.3) is 0 Å². The van der Waals surface area contributed by atoms with E-state index in [0.717, 1.165) is 12.0 Å². The number of allylic oxidation sites excluding steroid dienone is 2. The first-order valence-corrected chi connectivity index (χ1v) is 4.82. The van der Waals surface area contributed by atoms with Gasteiger partial charge < -0.3 is 4.74 Å². The highest BCUT2D eigenvalue weighted by molar-refractivity contribution is 5.95. The molecule has 2 nitrogen and oxygen atoms in total. The molecular weight excluding hydrogens is 164 g/mol. The van der Waals surface area contributed by atoms with Crippen molar-refractivity contribution in [3.05, 3.63) is 11.3 Å². The maximum Gasteiger partial charge on any atom is 0.197 e. The van der Waals surface area contributed by atoms with Gasteiger partial charge in [0.2, 0.25) is 0 Å². The Balaban J connectivity index is 2.88. The molecule has 0 radical (unpaired) electrons. The molecule has 0 fully saturated rings. The first-order chi connectivity index (χ1) is 5.96. The van der Waals surface area contributed by atoms with Crippen molar-refractivity contribution in [2.75, 3.05) is 6.61 Å². The van der Waals surface area contributed by atoms with Gasteiger partial charge in [-0.3, -0.25) is 4.79 Å². The number of rotatable bonds is 2. The van der Waals surface area contributed by atoms with Crippen molar-refractivity contribution in [2.24, 2.45) is 5.41 Å². The van der Waals surface area contributed by atoms with Crippen molar-refractivity contribution in [1.82, 2.24) is 0 Å². The first-order valence-electron chi connectivity index (χ1n) is 4.82. The van der Waals surface area contributed by atoms with E-state index in [0.29, 0.717) is 18.8 Å². The van der Waals surface area contributed by atoms with Gasteiger partial charge in [-0.25, -0.2) is 0 Å². The number of hydrogen-bond acceptors (Lipinski definition) is 2. The molecule has 0 heterocycles. The summed E-state index contributed by atoms with van der Waals surface area (Å²) in [5, 5.41) is 0. The second-order valence-corrected chi connectivity index (χ2v) is 4.48. The summed E-state index contributed by atoms with van der Waals surface area (Å²) in [6.45, 7) is 8.73. The maximum atomic E-state index is 11.6. The van der Waals surface area contributed by atoms with E-state index in [9.17, 15) is 4.79 Å². The zero-order valence-electron chi connectivity index (χ0n) is 8.94. The highest BCUT2D eigenvalue weighted by atomic mass is 16.5. The summed E-state index contributed by atoms with van der Waals surface area (Å²) in [5.41, 5.74) is 1.21. The van der Waals surface area contributed by atoms with Crippen LogP contribution in [0.2, 0.25) is 0 Å². The van der Waals surface area contributed by atoms with E-state index in [1.54, 1.807) is 0 Å². The Morgan fingerprint density at radius 3 is 2.46 bits per heavy atom. The maximum absolute atomic E-state index is 11.6. The third-order valence-corrected chi connectivity index (χ3v) is 2.31. The summed E-state index contributed by atoms with van der Waals surface area (Å²) >= 11 is 0. The molecule has 13 heavy (non-hydrogen) atoms. The van der Waals surface area contributed by atoms with Crippen LogP contribution < -0.4 is 0 Å². The first kappa shape index (κ1) is 10.3. The van der Waals surface area contributed by atoms with Crippen LogP contribution in [-0.2, 0) is 9.53 Å². The normalized spacial score (nSPS) is 22.0. The summed E-state index contributed by atoms with van der Waals surface area (Å²) in [7, 11) is 0. The summed E-state index contributed by atoms with van der Waals surface area (Å²) in [5.74, 6) is 0.775. The molecule has 0 saturated carbocycles. The molecule has 1 rings (SSSR count). The van der Waals surface area contributed by atoms with Crippen molar-refractivity contribution < 1.29 is 9.53 Å². The van der Waals surface area contributed by atoms with Crippen LogP contribution in [0.5, 0.6) is 0 Å². The van der Waals surface area contributed by atoms with Crippen molar-refractivity contribution >= 4 is 5.78 Å². The van der Waals surface area contributed by atoms with E-state index >= 15 is 0 Å². The minimum atomic E-state index is 0.113. The van der Waals surface area contributed by atoms with Crippen LogP contribution in [0.15, 0.2) is 11.3 Å². The Bertz CT molecular complexity index is 249. The second-order valence-electron chi connectivity index (χ2n) is 4.48. The van der Waals surface area contributed by atoms with Gasteiger partial charge in [0.05, 0.1) is 6.61 Å². The lowest BCUT2D eigenvalue weighted by Gasteiger charge is -2.30. The molecule has 0 aliphatic heterocycles.